The molecule has 0 bridgehead atoms. The molecule has 7 heteroatoms. The molecule has 0 spiro atoms. The highest BCUT2D eigenvalue weighted by Crippen LogP contribution is 2.22. The Balaban J connectivity index is 1.42. The molecule has 1 aliphatic heterocycles. The van der Waals surface area contributed by atoms with E-state index in [0.29, 0.717) is 22.5 Å². The second-order valence-electron chi connectivity index (χ2n) is 7.69. The van der Waals surface area contributed by atoms with Crippen LogP contribution in [0.2, 0.25) is 0 Å². The molecule has 5 rings (SSSR count). The molecule has 1 aliphatic rings. The van der Waals surface area contributed by atoms with Gasteiger partial charge in [0.05, 0.1) is 5.39 Å². The van der Waals surface area contributed by atoms with Gasteiger partial charge in [-0.25, -0.2) is 4.98 Å². The molecule has 0 atom stereocenters. The highest BCUT2D eigenvalue weighted by atomic mass is 16.1. The van der Waals surface area contributed by atoms with E-state index in [-0.39, 0.29) is 5.43 Å². The first-order valence-corrected chi connectivity index (χ1v) is 10.4. The lowest BCUT2D eigenvalue weighted by Crippen LogP contribution is -2.43. The summed E-state index contributed by atoms with van der Waals surface area (Å²) in [6.07, 6.45) is 3.44. The molecule has 2 aromatic carbocycles. The van der Waals surface area contributed by atoms with Crippen molar-refractivity contribution in [2.24, 2.45) is 7.05 Å². The van der Waals surface area contributed by atoms with E-state index in [4.69, 9.17) is 0 Å². The average molecular weight is 412 g/mol. The van der Waals surface area contributed by atoms with Crippen molar-refractivity contribution in [1.82, 2.24) is 19.9 Å². The van der Waals surface area contributed by atoms with Crippen molar-refractivity contribution in [1.29, 1.82) is 0 Å². The normalized spacial score (nSPS) is 14.0. The molecule has 3 heterocycles. The summed E-state index contributed by atoms with van der Waals surface area (Å²) >= 11 is 0. The van der Waals surface area contributed by atoms with Crippen LogP contribution in [0, 0.1) is 0 Å². The number of aromatic nitrogens is 3. The van der Waals surface area contributed by atoms with Gasteiger partial charge in [0.2, 0.25) is 5.95 Å². The van der Waals surface area contributed by atoms with Crippen molar-refractivity contribution in [3.8, 4) is 11.1 Å². The molecule has 156 valence electrons. The molecule has 1 saturated heterocycles. The molecule has 0 radical (unpaired) electrons. The van der Waals surface area contributed by atoms with E-state index >= 15 is 0 Å². The summed E-state index contributed by atoms with van der Waals surface area (Å²) in [6.45, 7) is 4.05. The molecule has 1 fully saturated rings. The zero-order valence-electron chi connectivity index (χ0n) is 17.4. The molecular formula is C24H24N6O. The van der Waals surface area contributed by atoms with Crippen LogP contribution in [0.1, 0.15) is 0 Å². The maximum Gasteiger partial charge on any atom is 0.229 e. The smallest absolute Gasteiger partial charge is 0.229 e. The van der Waals surface area contributed by atoms with Gasteiger partial charge in [-0.3, -0.25) is 4.79 Å². The number of hydrogen-bond donors (Lipinski definition) is 2. The summed E-state index contributed by atoms with van der Waals surface area (Å²) in [5, 5.41) is 7.12. The number of rotatable bonds is 4. The maximum absolute atomic E-state index is 13.0. The molecule has 7 nitrogen and oxygen atoms in total. The number of piperazine rings is 1. The summed E-state index contributed by atoms with van der Waals surface area (Å²) in [4.78, 5) is 24.4. The van der Waals surface area contributed by atoms with E-state index < -0.39 is 0 Å². The number of hydrogen-bond acceptors (Lipinski definition) is 6. The average Bonchev–Trinajstić information content (AvgIpc) is 2.83. The van der Waals surface area contributed by atoms with Crippen LogP contribution in [-0.2, 0) is 7.05 Å². The van der Waals surface area contributed by atoms with Crippen LogP contribution in [0.5, 0.6) is 0 Å². The van der Waals surface area contributed by atoms with Gasteiger partial charge in [-0.05, 0) is 29.8 Å². The fraction of sp³-hybridized carbons (Fsp3) is 0.208. The highest BCUT2D eigenvalue weighted by Gasteiger charge is 2.13. The second-order valence-corrected chi connectivity index (χ2v) is 7.69. The lowest BCUT2D eigenvalue weighted by Gasteiger charge is -2.29. The van der Waals surface area contributed by atoms with Gasteiger partial charge in [0.25, 0.3) is 0 Å². The molecule has 0 amide bonds. The molecule has 0 saturated carbocycles. The Morgan fingerprint density at radius 2 is 1.74 bits per heavy atom. The number of benzene rings is 2. The Bertz CT molecular complexity index is 1260. The summed E-state index contributed by atoms with van der Waals surface area (Å²) in [5.74, 6) is 0.463. The number of aryl methyl sites for hydroxylation is 1. The Morgan fingerprint density at radius 3 is 2.48 bits per heavy atom. The lowest BCUT2D eigenvalue weighted by molar-refractivity contribution is 0.589. The van der Waals surface area contributed by atoms with Crippen LogP contribution in [0.3, 0.4) is 0 Å². The minimum atomic E-state index is -0.0637. The molecule has 4 aromatic rings. The van der Waals surface area contributed by atoms with Crippen molar-refractivity contribution in [3.63, 3.8) is 0 Å². The Hall–Kier alpha value is -3.71. The molecule has 31 heavy (non-hydrogen) atoms. The minimum Gasteiger partial charge on any atom is -0.369 e. The molecule has 2 N–H and O–H groups in total. The third-order valence-corrected chi connectivity index (χ3v) is 5.61. The fourth-order valence-electron chi connectivity index (χ4n) is 3.95. The summed E-state index contributed by atoms with van der Waals surface area (Å²) in [7, 11) is 1.90. The first kappa shape index (κ1) is 19.3. The van der Waals surface area contributed by atoms with Gasteiger partial charge >= 0.3 is 0 Å². The molecular weight excluding hydrogens is 388 g/mol. The third-order valence-electron chi connectivity index (χ3n) is 5.61. The predicted octanol–water partition coefficient (Wildman–Crippen LogP) is 3.15. The molecule has 0 unspecified atom stereocenters. The number of nitrogens with zero attached hydrogens (tertiary/aromatic N) is 4. The SMILES string of the molecule is Cn1cc(-c2ccccc2)c(=O)c2cnc(Nc3ccc(N4CCNCC4)cc3)nc21. The summed E-state index contributed by atoms with van der Waals surface area (Å²) in [6, 6.07) is 17.9. The van der Waals surface area contributed by atoms with Gasteiger partial charge in [-0.2, -0.15) is 4.98 Å². The number of nitrogens with one attached hydrogen (secondary N) is 2. The standard InChI is InChI=1S/C24H24N6O/c1-29-16-21(17-5-3-2-4-6-17)22(31)20-15-26-24(28-23(20)29)27-18-7-9-19(10-8-18)30-13-11-25-12-14-30/h2-10,15-16,25H,11-14H2,1H3,(H,26,27,28). The van der Waals surface area contributed by atoms with Gasteiger partial charge in [0.15, 0.2) is 5.43 Å². The number of pyridine rings is 1. The van der Waals surface area contributed by atoms with Crippen LogP contribution >= 0.6 is 0 Å². The summed E-state index contributed by atoms with van der Waals surface area (Å²) < 4.78 is 1.87. The largest absolute Gasteiger partial charge is 0.369 e. The van der Waals surface area contributed by atoms with Crippen molar-refractivity contribution in [2.45, 2.75) is 0 Å². The summed E-state index contributed by atoms with van der Waals surface area (Å²) in [5.41, 5.74) is 4.18. The van der Waals surface area contributed by atoms with E-state index in [1.807, 2.05) is 60.3 Å². The van der Waals surface area contributed by atoms with Crippen molar-refractivity contribution < 1.29 is 0 Å². The van der Waals surface area contributed by atoms with Gasteiger partial charge in [-0.15, -0.1) is 0 Å². The van der Waals surface area contributed by atoms with Crippen LogP contribution in [0.4, 0.5) is 17.3 Å². The van der Waals surface area contributed by atoms with Crippen molar-refractivity contribution >= 4 is 28.4 Å². The van der Waals surface area contributed by atoms with Gasteiger partial charge in [0, 0.05) is 62.6 Å². The molecule has 0 aliphatic carbocycles. The zero-order chi connectivity index (χ0) is 21.2. The third kappa shape index (κ3) is 3.87. The Morgan fingerprint density at radius 1 is 1.00 bits per heavy atom. The van der Waals surface area contributed by atoms with E-state index in [1.54, 1.807) is 6.20 Å². The van der Waals surface area contributed by atoms with Crippen LogP contribution in [0.25, 0.3) is 22.2 Å². The Labute approximate surface area is 180 Å². The van der Waals surface area contributed by atoms with E-state index in [0.717, 1.165) is 37.4 Å². The first-order valence-electron chi connectivity index (χ1n) is 10.4. The van der Waals surface area contributed by atoms with Gasteiger partial charge in [0.1, 0.15) is 5.65 Å². The van der Waals surface area contributed by atoms with E-state index in [1.165, 1.54) is 5.69 Å². The monoisotopic (exact) mass is 412 g/mol. The van der Waals surface area contributed by atoms with E-state index in [2.05, 4.69) is 37.6 Å². The number of fused-ring (bicyclic) bond motifs is 1. The first-order chi connectivity index (χ1) is 15.2. The van der Waals surface area contributed by atoms with Crippen LogP contribution in [0.15, 0.2) is 71.8 Å². The van der Waals surface area contributed by atoms with Crippen LogP contribution < -0.4 is 21.0 Å². The van der Waals surface area contributed by atoms with Crippen molar-refractivity contribution in [3.05, 3.63) is 77.2 Å². The zero-order valence-corrected chi connectivity index (χ0v) is 17.4. The maximum atomic E-state index is 13.0. The van der Waals surface area contributed by atoms with E-state index in [9.17, 15) is 4.79 Å². The number of anilines is 3. The highest BCUT2D eigenvalue weighted by molar-refractivity contribution is 5.81. The molecule has 2 aromatic heterocycles. The second kappa shape index (κ2) is 8.20. The topological polar surface area (TPSA) is 75.1 Å². The van der Waals surface area contributed by atoms with Gasteiger partial charge < -0.3 is 20.1 Å². The minimum absolute atomic E-state index is 0.0637. The fourth-order valence-corrected chi connectivity index (χ4v) is 3.95. The van der Waals surface area contributed by atoms with Gasteiger partial charge in [-0.1, -0.05) is 30.3 Å². The lowest BCUT2D eigenvalue weighted by atomic mass is 10.1. The predicted molar refractivity (Wildman–Crippen MR) is 125 cm³/mol. The Kier molecular flexibility index (Phi) is 5.09. The quantitative estimate of drug-likeness (QED) is 0.536. The van der Waals surface area contributed by atoms with Crippen molar-refractivity contribution in [2.75, 3.05) is 36.4 Å². The van der Waals surface area contributed by atoms with Crippen LogP contribution in [-0.4, -0.2) is 40.7 Å².